The largest absolute Gasteiger partial charge is 3.00 e. The van der Waals surface area contributed by atoms with Crippen molar-refractivity contribution in [2.24, 2.45) is 0 Å². The van der Waals surface area contributed by atoms with Gasteiger partial charge in [-0.3, -0.25) is 0 Å². The molecule has 378 valence electrons. The van der Waals surface area contributed by atoms with Gasteiger partial charge in [0.15, 0.2) is 0 Å². The quantitative estimate of drug-likeness (QED) is 0.0482. The molecule has 9 rings (SSSR count). The molecule has 7 aromatic rings. The van der Waals surface area contributed by atoms with Crippen LogP contribution in [0.5, 0.6) is 23.0 Å². The molecule has 0 spiro atoms. The van der Waals surface area contributed by atoms with Gasteiger partial charge in [-0.15, -0.1) is 22.1 Å². The number of likely N-dealkylation sites (N-methyl/N-ethyl adjacent to an activating group) is 3. The minimum atomic E-state index is 0. The predicted octanol–water partition coefficient (Wildman–Crippen LogP) is 11.6. The normalized spacial score (nSPS) is 12.0. The van der Waals surface area contributed by atoms with E-state index in [0.717, 1.165) is 141 Å². The number of nitrogens with one attached hydrogen (secondary N) is 1. The monoisotopic (exact) mass is 1020 g/mol. The molecule has 0 saturated carbocycles. The van der Waals surface area contributed by atoms with Crippen LogP contribution in [0.3, 0.4) is 0 Å². The summed E-state index contributed by atoms with van der Waals surface area (Å²) in [5.41, 5.74) is 12.8. The SMILES string of the molecule is CCCOc1ccccc1-c1c2nc(c(-c3ccccc3OCCNC)c3ccc([n-]3)c(-c3ccccc3OCC[N+](C)(C)C)c3nc(c(-c4ccccc4OCC[N+](C)(C)C)c4ccc1[n-]4)C=C3)C=C2.[CH3-].[Co+3]. The second-order valence-electron chi connectivity index (χ2n) is 19.9. The van der Waals surface area contributed by atoms with Crippen molar-refractivity contribution in [2.75, 3.05) is 95.4 Å². The number of nitrogens with zero attached hydrogens (tertiary/aromatic N) is 6. The van der Waals surface area contributed by atoms with Crippen LogP contribution in [0.2, 0.25) is 0 Å². The molecule has 8 bridgehead atoms. The molecule has 0 amide bonds. The Balaban J connectivity index is 0.00000390. The topological polar surface area (TPSA) is 103 Å². The van der Waals surface area contributed by atoms with E-state index in [4.69, 9.17) is 38.9 Å². The second kappa shape index (κ2) is 23.7. The minimum Gasteiger partial charge on any atom is -0.657 e. The van der Waals surface area contributed by atoms with Crippen LogP contribution in [0.25, 0.3) is 90.9 Å². The Morgan fingerprint density at radius 2 is 0.712 bits per heavy atom. The molecule has 0 fully saturated rings. The van der Waals surface area contributed by atoms with Gasteiger partial charge in [-0.25, -0.2) is 9.97 Å². The first-order chi connectivity index (χ1) is 34.4. The summed E-state index contributed by atoms with van der Waals surface area (Å²) in [6.45, 7) is 6.56. The molecule has 11 nitrogen and oxygen atoms in total. The number of rotatable bonds is 19. The predicted molar refractivity (Wildman–Crippen MR) is 297 cm³/mol. The molecule has 2 aliphatic rings. The van der Waals surface area contributed by atoms with Crippen LogP contribution in [0.1, 0.15) is 36.1 Å². The molecule has 73 heavy (non-hydrogen) atoms. The van der Waals surface area contributed by atoms with Crippen LogP contribution in [0, 0.1) is 7.43 Å². The van der Waals surface area contributed by atoms with E-state index in [-0.39, 0.29) is 24.2 Å². The maximum absolute atomic E-state index is 6.66. The van der Waals surface area contributed by atoms with Gasteiger partial charge in [-0.2, -0.15) is 0 Å². The molecule has 12 heteroatoms. The van der Waals surface area contributed by atoms with Crippen molar-refractivity contribution < 1.29 is 44.7 Å². The summed E-state index contributed by atoms with van der Waals surface area (Å²) in [7, 11) is 15.0. The van der Waals surface area contributed by atoms with Crippen LogP contribution >= 0.6 is 0 Å². The first-order valence-electron chi connectivity index (χ1n) is 24.6. The van der Waals surface area contributed by atoms with E-state index in [2.05, 4.69) is 127 Å². The van der Waals surface area contributed by atoms with Crippen molar-refractivity contribution in [1.29, 1.82) is 0 Å². The zero-order valence-corrected chi connectivity index (χ0v) is 44.7. The fraction of sp³-hybridized carbons (Fsp3) is 0.262. The molecule has 0 atom stereocenters. The van der Waals surface area contributed by atoms with E-state index >= 15 is 0 Å². The molecular formula is C61H68CoN7O4+2. The smallest absolute Gasteiger partial charge is 0.657 e. The fourth-order valence-electron chi connectivity index (χ4n) is 8.72. The summed E-state index contributed by atoms with van der Waals surface area (Å²) in [6, 6.07) is 41.0. The molecule has 0 aliphatic carbocycles. The van der Waals surface area contributed by atoms with Gasteiger partial charge in [0.1, 0.15) is 55.9 Å². The maximum atomic E-state index is 6.66. The number of aromatic nitrogens is 4. The van der Waals surface area contributed by atoms with E-state index in [1.165, 1.54) is 0 Å². The molecule has 1 N–H and O–H groups in total. The average molecular weight is 1020 g/mol. The van der Waals surface area contributed by atoms with Gasteiger partial charge >= 0.3 is 16.8 Å². The first kappa shape index (κ1) is 53.9. The molecule has 2 aliphatic heterocycles. The Hall–Kier alpha value is -6.93. The van der Waals surface area contributed by atoms with Crippen LogP contribution in [-0.2, 0) is 16.8 Å². The number of ether oxygens (including phenoxy) is 4. The van der Waals surface area contributed by atoms with Gasteiger partial charge in [-0.1, -0.05) is 104 Å². The third-order valence-corrected chi connectivity index (χ3v) is 12.3. The van der Waals surface area contributed by atoms with E-state index in [1.807, 2.05) is 79.8 Å². The Bertz CT molecular complexity index is 3270. The molecule has 3 aromatic heterocycles. The third kappa shape index (κ3) is 12.5. The molecule has 0 unspecified atom stereocenters. The molecule has 4 aromatic carbocycles. The molecule has 5 heterocycles. The second-order valence-corrected chi connectivity index (χ2v) is 19.9. The summed E-state index contributed by atoms with van der Waals surface area (Å²) in [4.78, 5) is 22.2. The minimum absolute atomic E-state index is 0. The standard InChI is InChI=1S/C60H65N7O4.CH3.Co/c1-9-37-68-53-22-14-10-18-41(53)57-45-26-28-47(62-45)58(42-19-11-15-23-54(42)69-38-34-61-2)48-29-31-50(64-48)60(44-21-13-17-25-56(44)71-40-36-67(6,7)8)52-33-32-51(65-52)59(49-30-27-46(57)63-49)43-20-12-16-24-55(43)70-39-35-66(3,4)5;;/h10-33,61H,9,34-40H2,1-8H3;1H3;/q;-1;+3. The van der Waals surface area contributed by atoms with Gasteiger partial charge in [0, 0.05) is 28.8 Å². The summed E-state index contributed by atoms with van der Waals surface area (Å²) < 4.78 is 27.8. The Morgan fingerprint density at radius 1 is 0.425 bits per heavy atom. The van der Waals surface area contributed by atoms with Crippen LogP contribution in [-0.4, -0.2) is 114 Å². The number of fused-ring (bicyclic) bond motifs is 8. The van der Waals surface area contributed by atoms with Crippen molar-refractivity contribution in [1.82, 2.24) is 25.3 Å². The van der Waals surface area contributed by atoms with Crippen molar-refractivity contribution in [3.63, 3.8) is 0 Å². The van der Waals surface area contributed by atoms with Crippen LogP contribution in [0.4, 0.5) is 0 Å². The maximum Gasteiger partial charge on any atom is 3.00 e. The van der Waals surface area contributed by atoms with E-state index in [1.54, 1.807) is 0 Å². The summed E-state index contributed by atoms with van der Waals surface area (Å²) in [5, 5.41) is 3.21. The fourth-order valence-corrected chi connectivity index (χ4v) is 8.72. The summed E-state index contributed by atoms with van der Waals surface area (Å²) >= 11 is 0. The Labute approximate surface area is 442 Å². The zero-order chi connectivity index (χ0) is 49.5. The first-order valence-corrected chi connectivity index (χ1v) is 24.6. The molecule has 0 saturated heterocycles. The Morgan fingerprint density at radius 3 is 1.00 bits per heavy atom. The van der Waals surface area contributed by atoms with Crippen LogP contribution in [0.15, 0.2) is 121 Å². The van der Waals surface area contributed by atoms with Crippen molar-refractivity contribution in [3.05, 3.63) is 152 Å². The molecule has 0 radical (unpaired) electrons. The van der Waals surface area contributed by atoms with E-state index < -0.39 is 0 Å². The number of hydrogen-bond acceptors (Lipinski definition) is 7. The van der Waals surface area contributed by atoms with Crippen molar-refractivity contribution >= 4 is 46.4 Å². The van der Waals surface area contributed by atoms with Gasteiger partial charge in [-0.05, 0) is 84.3 Å². The summed E-state index contributed by atoms with van der Waals surface area (Å²) in [6.07, 6.45) is 9.19. The third-order valence-electron chi connectivity index (χ3n) is 12.3. The van der Waals surface area contributed by atoms with Crippen molar-refractivity contribution in [2.45, 2.75) is 13.3 Å². The molecular weight excluding hydrogens is 954 g/mol. The van der Waals surface area contributed by atoms with Gasteiger partial charge in [0.25, 0.3) is 0 Å². The number of hydrogen-bond donors (Lipinski definition) is 1. The Kier molecular flexibility index (Phi) is 17.5. The van der Waals surface area contributed by atoms with Gasteiger partial charge in [0.05, 0.1) is 71.7 Å². The number of quaternary nitrogens is 2. The number of benzene rings is 4. The van der Waals surface area contributed by atoms with Crippen molar-refractivity contribution in [3.8, 4) is 67.5 Å². The summed E-state index contributed by atoms with van der Waals surface area (Å²) in [5.74, 6) is 3.00. The number of para-hydroxylation sites is 4. The van der Waals surface area contributed by atoms with Crippen LogP contribution < -0.4 is 34.2 Å². The van der Waals surface area contributed by atoms with Gasteiger partial charge in [0.2, 0.25) is 0 Å². The average Bonchev–Trinajstić information content (AvgIpc) is 4.20. The van der Waals surface area contributed by atoms with E-state index in [9.17, 15) is 0 Å². The zero-order valence-electron chi connectivity index (χ0n) is 43.7. The van der Waals surface area contributed by atoms with Gasteiger partial charge < -0.3 is 50.6 Å². The van der Waals surface area contributed by atoms with E-state index in [0.29, 0.717) is 33.0 Å².